The Morgan fingerprint density at radius 3 is 2.00 bits per heavy atom. The molecule has 0 radical (unpaired) electrons. The topological polar surface area (TPSA) is 65.3 Å². The quantitative estimate of drug-likeness (QED) is 0.260. The Bertz CT molecular complexity index is 1910. The fourth-order valence-corrected chi connectivity index (χ4v) is 13.2. The van der Waals surface area contributed by atoms with Crippen molar-refractivity contribution >= 4 is 142 Å². The molecule has 0 N–H and O–H groups in total. The van der Waals surface area contributed by atoms with E-state index < -0.39 is 0 Å². The molecule has 2 amide bonds. The molecular formula is C28H24N4O2S7. The smallest absolute Gasteiger partial charge is 0.285 e. The second-order valence-corrected chi connectivity index (χ2v) is 17.4. The lowest BCUT2D eigenvalue weighted by Gasteiger charge is -2.24. The van der Waals surface area contributed by atoms with Crippen LogP contribution < -0.4 is 0 Å². The molecule has 13 heteroatoms. The molecule has 2 fully saturated rings. The molecule has 0 aromatic carbocycles. The van der Waals surface area contributed by atoms with Gasteiger partial charge in [0.05, 0.1) is 19.8 Å². The van der Waals surface area contributed by atoms with Crippen LogP contribution in [0.5, 0.6) is 0 Å². The van der Waals surface area contributed by atoms with Crippen LogP contribution in [-0.2, 0) is 15.0 Å². The first-order valence-corrected chi connectivity index (χ1v) is 18.0. The zero-order valence-corrected chi connectivity index (χ0v) is 28.7. The average Bonchev–Trinajstić information content (AvgIpc) is 3.71. The van der Waals surface area contributed by atoms with Crippen LogP contribution in [-0.4, -0.2) is 53.4 Å². The number of allylic oxidation sites excluding steroid dienone is 3. The number of hydrogen-bond acceptors (Lipinski definition) is 11. The monoisotopic (exact) mass is 672 g/mol. The summed E-state index contributed by atoms with van der Waals surface area (Å²) < 4.78 is 6.16. The van der Waals surface area contributed by atoms with Gasteiger partial charge >= 0.3 is 0 Å². The van der Waals surface area contributed by atoms with Crippen LogP contribution in [0.2, 0.25) is 0 Å². The Morgan fingerprint density at radius 1 is 0.805 bits per heavy atom. The Kier molecular flexibility index (Phi) is 6.42. The molecule has 6 nitrogen and oxygen atoms in total. The average molecular weight is 673 g/mol. The summed E-state index contributed by atoms with van der Waals surface area (Å²) in [6.07, 6.45) is 2.21. The van der Waals surface area contributed by atoms with Crippen LogP contribution >= 0.6 is 82.0 Å². The standard InChI is InChI=1S/C28H24N4O2S7/c1-7-31-23(33)21(40-25(31)35)29-13-9-11-15(28(13,5)6)18-16(27(11,3)4)19-20(39-18)17-12(37-19)10-14(38-17)30-22-24(34)32(8-2)26(36)41-22/h9-10H,7-8H2,1-6H3. The van der Waals surface area contributed by atoms with Gasteiger partial charge in [0.15, 0.2) is 10.1 Å². The number of thioether (sulfide) groups is 2. The summed E-state index contributed by atoms with van der Waals surface area (Å²) in [4.78, 5) is 39.8. The minimum atomic E-state index is -0.352. The van der Waals surface area contributed by atoms with E-state index in [9.17, 15) is 9.59 Å². The number of fused-ring (bicyclic) bond motifs is 6. The molecular weight excluding hydrogens is 649 g/mol. The number of amides is 2. The van der Waals surface area contributed by atoms with Crippen molar-refractivity contribution in [1.82, 2.24) is 9.80 Å². The van der Waals surface area contributed by atoms with E-state index in [0.29, 0.717) is 31.8 Å². The van der Waals surface area contributed by atoms with E-state index in [1.807, 2.05) is 36.5 Å². The Balaban J connectivity index is 1.28. The van der Waals surface area contributed by atoms with Gasteiger partial charge < -0.3 is 0 Å². The van der Waals surface area contributed by atoms with Crippen molar-refractivity contribution in [3.05, 3.63) is 33.9 Å². The highest BCUT2D eigenvalue weighted by Crippen LogP contribution is 2.65. The molecule has 210 valence electrons. The van der Waals surface area contributed by atoms with Crippen molar-refractivity contribution in [3.63, 3.8) is 0 Å². The molecule has 0 atom stereocenters. The Morgan fingerprint density at radius 2 is 1.41 bits per heavy atom. The highest BCUT2D eigenvalue weighted by Gasteiger charge is 2.50. The van der Waals surface area contributed by atoms with E-state index in [-0.39, 0.29) is 22.6 Å². The molecule has 41 heavy (non-hydrogen) atoms. The largest absolute Gasteiger partial charge is 0.292 e. The molecule has 7 rings (SSSR count). The first-order chi connectivity index (χ1) is 19.4. The van der Waals surface area contributed by atoms with Gasteiger partial charge in [-0.2, -0.15) is 0 Å². The predicted octanol–water partition coefficient (Wildman–Crippen LogP) is 8.33. The molecule has 0 bridgehead atoms. The molecule has 0 saturated carbocycles. The summed E-state index contributed by atoms with van der Waals surface area (Å²) in [6.45, 7) is 14.0. The lowest BCUT2D eigenvalue weighted by atomic mass is 9.82. The second kappa shape index (κ2) is 9.38. The molecule has 2 aliphatic carbocycles. The summed E-state index contributed by atoms with van der Waals surface area (Å²) >= 11 is 18.6. The van der Waals surface area contributed by atoms with Gasteiger partial charge in [-0.3, -0.25) is 19.4 Å². The maximum Gasteiger partial charge on any atom is 0.285 e. The number of thiocarbonyl (C=S) groups is 2. The number of rotatable bonds is 4. The molecule has 0 spiro atoms. The highest BCUT2D eigenvalue weighted by molar-refractivity contribution is 8.35. The van der Waals surface area contributed by atoms with Crippen LogP contribution in [0.15, 0.2) is 33.4 Å². The summed E-state index contributed by atoms with van der Waals surface area (Å²) in [7, 11) is 0. The number of thiophene rings is 3. The molecule has 2 aliphatic heterocycles. The van der Waals surface area contributed by atoms with Crippen LogP contribution in [0, 0.1) is 5.41 Å². The van der Waals surface area contributed by atoms with E-state index >= 15 is 0 Å². The molecule has 3 aromatic rings. The zero-order valence-electron chi connectivity index (χ0n) is 23.0. The van der Waals surface area contributed by atoms with Crippen molar-refractivity contribution in [1.29, 1.82) is 0 Å². The Labute approximate surface area is 268 Å². The number of carbonyl (C=O) groups is 2. The van der Waals surface area contributed by atoms with Gasteiger partial charge in [-0.25, -0.2) is 9.98 Å². The molecule has 0 unspecified atom stereocenters. The SMILES string of the molecule is CCN1C(=O)C(=NC2=CC3=C(c4sc5c(sc6cc(N=C7SC(=S)N(CC)C7=O)sc65)c4C3(C)C)C2(C)C)SC1=S. The van der Waals surface area contributed by atoms with Crippen LogP contribution in [0.25, 0.3) is 24.4 Å². The van der Waals surface area contributed by atoms with Crippen molar-refractivity contribution in [2.75, 3.05) is 13.1 Å². The van der Waals surface area contributed by atoms with Crippen LogP contribution in [0.4, 0.5) is 5.00 Å². The molecule has 2 saturated heterocycles. The number of nitrogens with zero attached hydrogens (tertiary/aromatic N) is 4. The number of aliphatic imine (C=N–C) groups is 2. The summed E-state index contributed by atoms with van der Waals surface area (Å²) in [5.41, 5.74) is 4.34. The number of hydrogen-bond donors (Lipinski definition) is 0. The molecule has 4 aliphatic rings. The van der Waals surface area contributed by atoms with Crippen LogP contribution in [0.1, 0.15) is 52.0 Å². The third-order valence-corrected chi connectivity index (χ3v) is 14.5. The van der Waals surface area contributed by atoms with Gasteiger partial charge in [0, 0.05) is 33.5 Å². The molecule has 5 heterocycles. The predicted molar refractivity (Wildman–Crippen MR) is 187 cm³/mol. The van der Waals surface area contributed by atoms with Gasteiger partial charge in [0.25, 0.3) is 11.8 Å². The maximum absolute atomic E-state index is 12.9. The minimum Gasteiger partial charge on any atom is -0.292 e. The maximum atomic E-state index is 12.9. The summed E-state index contributed by atoms with van der Waals surface area (Å²) in [5, 5.41) is 1.73. The zero-order chi connectivity index (χ0) is 29.2. The second-order valence-electron chi connectivity index (χ2n) is 11.1. The van der Waals surface area contributed by atoms with Gasteiger partial charge in [0.1, 0.15) is 13.6 Å². The minimum absolute atomic E-state index is 0.107. The third kappa shape index (κ3) is 3.85. The normalized spacial score (nSPS) is 23.5. The van der Waals surface area contributed by atoms with E-state index in [1.165, 1.54) is 63.9 Å². The summed E-state index contributed by atoms with van der Waals surface area (Å²) in [5.74, 6) is -0.220. The van der Waals surface area contributed by atoms with Gasteiger partial charge in [0.2, 0.25) is 0 Å². The molecule has 3 aromatic heterocycles. The van der Waals surface area contributed by atoms with Gasteiger partial charge in [-0.15, -0.1) is 34.0 Å². The van der Waals surface area contributed by atoms with Crippen LogP contribution in [0.3, 0.4) is 0 Å². The fourth-order valence-electron chi connectivity index (χ4n) is 5.88. The van der Waals surface area contributed by atoms with E-state index in [0.717, 1.165) is 10.7 Å². The summed E-state index contributed by atoms with van der Waals surface area (Å²) in [6, 6.07) is 2.10. The third-order valence-electron chi connectivity index (χ3n) is 8.04. The van der Waals surface area contributed by atoms with Gasteiger partial charge in [-0.05, 0) is 66.2 Å². The van der Waals surface area contributed by atoms with Gasteiger partial charge in [-0.1, -0.05) is 52.1 Å². The van der Waals surface area contributed by atoms with Crippen molar-refractivity contribution in [2.45, 2.75) is 47.0 Å². The highest BCUT2D eigenvalue weighted by atomic mass is 32.2. The van der Waals surface area contributed by atoms with Crippen molar-refractivity contribution in [2.24, 2.45) is 15.4 Å². The Hall–Kier alpha value is -1.74. The fraction of sp³-hybridized carbons (Fsp3) is 0.357. The van der Waals surface area contributed by atoms with Crippen molar-refractivity contribution in [3.8, 4) is 0 Å². The van der Waals surface area contributed by atoms with E-state index in [1.54, 1.807) is 21.1 Å². The first kappa shape index (κ1) is 28.1. The van der Waals surface area contributed by atoms with E-state index in [4.69, 9.17) is 34.4 Å². The van der Waals surface area contributed by atoms with E-state index in [2.05, 4.69) is 39.8 Å². The van der Waals surface area contributed by atoms with Crippen molar-refractivity contribution < 1.29 is 9.59 Å². The lowest BCUT2D eigenvalue weighted by molar-refractivity contribution is -0.120. The lowest BCUT2D eigenvalue weighted by Crippen LogP contribution is -2.29. The first-order valence-electron chi connectivity index (χ1n) is 13.1. The number of carbonyl (C=O) groups excluding carboxylic acids is 2.